The van der Waals surface area contributed by atoms with Gasteiger partial charge >= 0.3 is 0 Å². The molecule has 7 heteroatoms. The average molecular weight is 364 g/mol. The lowest BCUT2D eigenvalue weighted by molar-refractivity contribution is 0.0818. The van der Waals surface area contributed by atoms with Crippen molar-refractivity contribution in [2.75, 3.05) is 19.8 Å². The highest BCUT2D eigenvalue weighted by molar-refractivity contribution is 6.37. The summed E-state index contributed by atoms with van der Waals surface area (Å²) in [5.41, 5.74) is 0.803. The predicted octanol–water partition coefficient (Wildman–Crippen LogP) is 4.68. The van der Waals surface area contributed by atoms with Crippen molar-refractivity contribution < 1.29 is 19.4 Å². The normalized spacial score (nSPS) is 11.8. The summed E-state index contributed by atoms with van der Waals surface area (Å²) in [7, 11) is 0. The van der Waals surface area contributed by atoms with Crippen LogP contribution in [0, 0.1) is 0 Å². The zero-order chi connectivity index (χ0) is 17.2. The second-order valence-electron chi connectivity index (χ2n) is 5.33. The van der Waals surface area contributed by atoms with Gasteiger partial charge in [0.15, 0.2) is 5.75 Å². The summed E-state index contributed by atoms with van der Waals surface area (Å²) in [6.45, 7) is 7.23. The molecule has 0 radical (unpaired) electrons. The second kappa shape index (κ2) is 10.6. The highest BCUT2D eigenvalue weighted by Crippen LogP contribution is 2.36. The van der Waals surface area contributed by atoms with Gasteiger partial charge in [-0.3, -0.25) is 0 Å². The molecular formula is C16H23Cl2NO4. The van der Waals surface area contributed by atoms with Gasteiger partial charge in [-0.25, -0.2) is 0 Å². The Labute approximate surface area is 147 Å². The first-order valence-corrected chi connectivity index (χ1v) is 8.23. The standard InChI is InChI=1S/C16H23Cl2NO4/c1-11(2)23-19-12(3)10-21-6-4-5-7-22-16-14(17)8-13(20)9-15(16)18/h8-9,11,20H,4-7,10H2,1-3H3. The molecule has 0 aliphatic rings. The summed E-state index contributed by atoms with van der Waals surface area (Å²) in [4.78, 5) is 5.12. The number of hydrogen-bond acceptors (Lipinski definition) is 5. The lowest BCUT2D eigenvalue weighted by atomic mass is 10.3. The van der Waals surface area contributed by atoms with E-state index in [0.29, 0.717) is 35.6 Å². The number of aromatic hydroxyl groups is 1. The van der Waals surface area contributed by atoms with Crippen molar-refractivity contribution in [1.29, 1.82) is 0 Å². The summed E-state index contributed by atoms with van der Waals surface area (Å²) in [6, 6.07) is 2.79. The van der Waals surface area contributed by atoms with Gasteiger partial charge in [0, 0.05) is 18.7 Å². The number of rotatable bonds is 10. The minimum absolute atomic E-state index is 0.0132. The maximum Gasteiger partial charge on any atom is 0.156 e. The van der Waals surface area contributed by atoms with E-state index in [2.05, 4.69) is 5.16 Å². The van der Waals surface area contributed by atoms with Crippen LogP contribution >= 0.6 is 23.2 Å². The van der Waals surface area contributed by atoms with Gasteiger partial charge < -0.3 is 19.4 Å². The molecule has 130 valence electrons. The predicted molar refractivity (Wildman–Crippen MR) is 93.0 cm³/mol. The van der Waals surface area contributed by atoms with Crippen LogP contribution in [0.1, 0.15) is 33.6 Å². The number of unbranched alkanes of at least 4 members (excludes halogenated alkanes) is 1. The van der Waals surface area contributed by atoms with Crippen molar-refractivity contribution in [2.24, 2.45) is 5.16 Å². The number of benzene rings is 1. The van der Waals surface area contributed by atoms with Crippen LogP contribution in [-0.4, -0.2) is 36.7 Å². The van der Waals surface area contributed by atoms with Gasteiger partial charge in [-0.1, -0.05) is 28.4 Å². The van der Waals surface area contributed by atoms with Gasteiger partial charge in [-0.05, 0) is 33.6 Å². The van der Waals surface area contributed by atoms with E-state index in [0.717, 1.165) is 18.6 Å². The van der Waals surface area contributed by atoms with E-state index in [1.54, 1.807) is 0 Å². The molecule has 23 heavy (non-hydrogen) atoms. The molecule has 0 fully saturated rings. The Balaban J connectivity index is 2.16. The van der Waals surface area contributed by atoms with E-state index < -0.39 is 0 Å². The topological polar surface area (TPSA) is 60.3 Å². The van der Waals surface area contributed by atoms with Crippen LogP contribution < -0.4 is 4.74 Å². The number of phenolic OH excluding ortho intramolecular Hbond substituents is 1. The molecule has 1 aromatic rings. The molecule has 0 amide bonds. The zero-order valence-electron chi connectivity index (χ0n) is 13.6. The highest BCUT2D eigenvalue weighted by atomic mass is 35.5. The van der Waals surface area contributed by atoms with Gasteiger partial charge in [0.25, 0.3) is 0 Å². The first-order chi connectivity index (χ1) is 10.9. The molecule has 0 bridgehead atoms. The van der Waals surface area contributed by atoms with Crippen LogP contribution in [0.2, 0.25) is 10.0 Å². The van der Waals surface area contributed by atoms with Crippen LogP contribution in [0.15, 0.2) is 17.3 Å². The summed E-state index contributed by atoms with van der Waals surface area (Å²) in [6.07, 6.45) is 1.71. The van der Waals surface area contributed by atoms with E-state index in [9.17, 15) is 5.11 Å². The SMILES string of the molecule is CC(COCCCCOc1c(Cl)cc(O)cc1Cl)=NOC(C)C. The van der Waals surface area contributed by atoms with Gasteiger partial charge in [-0.2, -0.15) is 0 Å². The number of nitrogens with zero attached hydrogens (tertiary/aromatic N) is 1. The number of oxime groups is 1. The fourth-order valence-electron chi connectivity index (χ4n) is 1.61. The minimum atomic E-state index is 0.0132. The molecule has 0 saturated heterocycles. The molecule has 0 spiro atoms. The van der Waals surface area contributed by atoms with Gasteiger partial charge in [0.05, 0.1) is 29.0 Å². The van der Waals surface area contributed by atoms with Crippen molar-refractivity contribution >= 4 is 28.9 Å². The lowest BCUT2D eigenvalue weighted by Crippen LogP contribution is -2.09. The molecule has 0 aliphatic carbocycles. The zero-order valence-corrected chi connectivity index (χ0v) is 15.2. The molecule has 5 nitrogen and oxygen atoms in total. The maximum absolute atomic E-state index is 9.34. The Bertz CT molecular complexity index is 498. The molecule has 0 atom stereocenters. The summed E-state index contributed by atoms with van der Waals surface area (Å²) < 4.78 is 11.0. The van der Waals surface area contributed by atoms with Crippen LogP contribution in [0.5, 0.6) is 11.5 Å². The van der Waals surface area contributed by atoms with Gasteiger partial charge in [0.1, 0.15) is 11.9 Å². The minimum Gasteiger partial charge on any atom is -0.508 e. The van der Waals surface area contributed by atoms with Crippen LogP contribution in [0.4, 0.5) is 0 Å². The van der Waals surface area contributed by atoms with Crippen molar-refractivity contribution in [3.63, 3.8) is 0 Å². The molecule has 0 aromatic heterocycles. The molecule has 0 aliphatic heterocycles. The number of hydrogen-bond donors (Lipinski definition) is 1. The third-order valence-corrected chi connectivity index (χ3v) is 3.20. The van der Waals surface area contributed by atoms with Crippen molar-refractivity contribution in [2.45, 2.75) is 39.7 Å². The Morgan fingerprint density at radius 3 is 2.39 bits per heavy atom. The van der Waals surface area contributed by atoms with Gasteiger partial charge in [-0.15, -0.1) is 0 Å². The fourth-order valence-corrected chi connectivity index (χ4v) is 2.19. The molecule has 1 aromatic carbocycles. The summed E-state index contributed by atoms with van der Waals surface area (Å²) >= 11 is 11.9. The average Bonchev–Trinajstić information content (AvgIpc) is 2.46. The maximum atomic E-state index is 9.34. The number of ether oxygens (including phenoxy) is 2. The van der Waals surface area contributed by atoms with E-state index >= 15 is 0 Å². The summed E-state index contributed by atoms with van der Waals surface area (Å²) in [5.74, 6) is 0.403. The van der Waals surface area contributed by atoms with E-state index in [4.69, 9.17) is 37.5 Å². The van der Waals surface area contributed by atoms with Crippen molar-refractivity contribution in [3.8, 4) is 11.5 Å². The van der Waals surface area contributed by atoms with Crippen molar-refractivity contribution in [3.05, 3.63) is 22.2 Å². The Kier molecular flexibility index (Phi) is 9.14. The monoisotopic (exact) mass is 363 g/mol. The second-order valence-corrected chi connectivity index (χ2v) is 6.14. The highest BCUT2D eigenvalue weighted by Gasteiger charge is 2.09. The number of halogens is 2. The lowest BCUT2D eigenvalue weighted by Gasteiger charge is -2.10. The van der Waals surface area contributed by atoms with E-state index in [-0.39, 0.29) is 11.9 Å². The van der Waals surface area contributed by atoms with Gasteiger partial charge in [0.2, 0.25) is 0 Å². The van der Waals surface area contributed by atoms with Crippen LogP contribution in [0.3, 0.4) is 0 Å². The molecule has 0 unspecified atom stereocenters. The molecule has 1 rings (SSSR count). The fraction of sp³-hybridized carbons (Fsp3) is 0.562. The first kappa shape index (κ1) is 19.9. The third-order valence-electron chi connectivity index (χ3n) is 2.64. The van der Waals surface area contributed by atoms with Crippen LogP contribution in [-0.2, 0) is 9.57 Å². The quantitative estimate of drug-likeness (QED) is 0.372. The molecule has 1 N–H and O–H groups in total. The van der Waals surface area contributed by atoms with Crippen molar-refractivity contribution in [1.82, 2.24) is 0 Å². The molecule has 0 heterocycles. The van der Waals surface area contributed by atoms with E-state index in [1.807, 2.05) is 20.8 Å². The molecule has 0 saturated carbocycles. The third kappa shape index (κ3) is 8.30. The first-order valence-electron chi connectivity index (χ1n) is 7.48. The van der Waals surface area contributed by atoms with E-state index in [1.165, 1.54) is 12.1 Å². The largest absolute Gasteiger partial charge is 0.508 e. The van der Waals surface area contributed by atoms with Crippen LogP contribution in [0.25, 0.3) is 0 Å². The smallest absolute Gasteiger partial charge is 0.156 e. The summed E-state index contributed by atoms with van der Waals surface area (Å²) in [5, 5.41) is 13.9. The Morgan fingerprint density at radius 2 is 1.78 bits per heavy atom. The number of phenols is 1. The Morgan fingerprint density at radius 1 is 1.17 bits per heavy atom. The molecular weight excluding hydrogens is 341 g/mol. The Hall–Kier alpha value is -1.17.